The smallest absolute Gasteiger partial charge is 0.331 e. The molecular weight excluding hydrogens is 278 g/mol. The van der Waals surface area contributed by atoms with Crippen molar-refractivity contribution in [3.05, 3.63) is 41.5 Å². The molecule has 0 saturated heterocycles. The molecule has 22 heavy (non-hydrogen) atoms. The Labute approximate surface area is 132 Å². The van der Waals surface area contributed by atoms with Gasteiger partial charge in [-0.1, -0.05) is 45.0 Å². The van der Waals surface area contributed by atoms with Crippen LogP contribution in [0.5, 0.6) is 0 Å². The van der Waals surface area contributed by atoms with Crippen molar-refractivity contribution in [2.75, 3.05) is 6.54 Å². The highest BCUT2D eigenvalue weighted by Crippen LogP contribution is 2.15. The first-order chi connectivity index (χ1) is 10.4. The molecule has 0 aliphatic carbocycles. The second kappa shape index (κ2) is 9.03. The maximum atomic E-state index is 11.7. The van der Waals surface area contributed by atoms with Gasteiger partial charge in [0.2, 0.25) is 0 Å². The van der Waals surface area contributed by atoms with Crippen LogP contribution in [0.15, 0.2) is 30.3 Å². The van der Waals surface area contributed by atoms with E-state index in [-0.39, 0.29) is 5.91 Å². The van der Waals surface area contributed by atoms with Gasteiger partial charge in [-0.05, 0) is 36.5 Å². The molecule has 1 atom stereocenters. The van der Waals surface area contributed by atoms with E-state index in [1.54, 1.807) is 13.0 Å². The van der Waals surface area contributed by atoms with E-state index in [1.165, 1.54) is 11.6 Å². The van der Waals surface area contributed by atoms with E-state index in [0.717, 1.165) is 12.0 Å². The van der Waals surface area contributed by atoms with E-state index < -0.39 is 12.1 Å². The molecule has 0 aliphatic heterocycles. The minimum atomic E-state index is -0.785. The zero-order valence-electron chi connectivity index (χ0n) is 13.8. The Balaban J connectivity index is 2.51. The fourth-order valence-corrected chi connectivity index (χ4v) is 1.82. The van der Waals surface area contributed by atoms with E-state index in [4.69, 9.17) is 4.74 Å². The molecule has 1 amide bonds. The molecule has 0 saturated carbocycles. The molecule has 1 N–H and O–H groups in total. The minimum absolute atomic E-state index is 0.273. The molecule has 120 valence electrons. The number of rotatable bonds is 7. The van der Waals surface area contributed by atoms with Crippen LogP contribution in [0.25, 0.3) is 6.08 Å². The van der Waals surface area contributed by atoms with Crippen LogP contribution < -0.4 is 5.32 Å². The molecule has 0 aliphatic rings. The number of hydrogen-bond acceptors (Lipinski definition) is 3. The van der Waals surface area contributed by atoms with Crippen molar-refractivity contribution < 1.29 is 14.3 Å². The summed E-state index contributed by atoms with van der Waals surface area (Å²) in [7, 11) is 0. The molecule has 1 aromatic rings. The van der Waals surface area contributed by atoms with E-state index in [2.05, 4.69) is 19.2 Å². The fourth-order valence-electron chi connectivity index (χ4n) is 1.82. The topological polar surface area (TPSA) is 55.4 Å². The predicted octanol–water partition coefficient (Wildman–Crippen LogP) is 3.28. The Bertz CT molecular complexity index is 518. The largest absolute Gasteiger partial charge is 0.449 e. The molecule has 1 aromatic carbocycles. The van der Waals surface area contributed by atoms with E-state index in [9.17, 15) is 9.59 Å². The Morgan fingerprint density at radius 2 is 1.82 bits per heavy atom. The van der Waals surface area contributed by atoms with Crippen molar-refractivity contribution in [2.45, 2.75) is 46.1 Å². The number of hydrogen-bond donors (Lipinski definition) is 1. The lowest BCUT2D eigenvalue weighted by Crippen LogP contribution is -2.35. The summed E-state index contributed by atoms with van der Waals surface area (Å²) >= 11 is 0. The molecule has 0 spiro atoms. The van der Waals surface area contributed by atoms with Gasteiger partial charge in [0.05, 0.1) is 0 Å². The summed E-state index contributed by atoms with van der Waals surface area (Å²) in [4.78, 5) is 23.3. The van der Waals surface area contributed by atoms with Gasteiger partial charge in [-0.3, -0.25) is 4.79 Å². The number of carbonyl (C=O) groups excluding carboxylic acids is 2. The SMILES string of the molecule is CCCNC(=O)C(C)OC(=O)C=Cc1ccc(C(C)C)cc1. The van der Waals surface area contributed by atoms with Crippen LogP contribution in [-0.4, -0.2) is 24.5 Å². The third kappa shape index (κ3) is 6.12. The zero-order valence-corrected chi connectivity index (χ0v) is 13.8. The number of ether oxygens (including phenoxy) is 1. The molecule has 0 aromatic heterocycles. The third-order valence-corrected chi connectivity index (χ3v) is 3.23. The first-order valence-corrected chi connectivity index (χ1v) is 7.70. The van der Waals surface area contributed by atoms with Crippen LogP contribution in [0.3, 0.4) is 0 Å². The highest BCUT2D eigenvalue weighted by atomic mass is 16.5. The Kier molecular flexibility index (Phi) is 7.37. The van der Waals surface area contributed by atoms with Gasteiger partial charge in [0.15, 0.2) is 6.10 Å². The van der Waals surface area contributed by atoms with Gasteiger partial charge in [0, 0.05) is 12.6 Å². The molecule has 1 unspecified atom stereocenters. The van der Waals surface area contributed by atoms with E-state index >= 15 is 0 Å². The second-order valence-corrected chi connectivity index (χ2v) is 5.52. The number of amides is 1. The molecule has 0 heterocycles. The van der Waals surface area contributed by atoms with Crippen LogP contribution in [0, 0.1) is 0 Å². The first kappa shape index (κ1) is 18.0. The lowest BCUT2D eigenvalue weighted by Gasteiger charge is -2.11. The van der Waals surface area contributed by atoms with Crippen molar-refractivity contribution >= 4 is 18.0 Å². The number of esters is 1. The van der Waals surface area contributed by atoms with Gasteiger partial charge in [-0.2, -0.15) is 0 Å². The van der Waals surface area contributed by atoms with Crippen LogP contribution in [0.2, 0.25) is 0 Å². The monoisotopic (exact) mass is 303 g/mol. The third-order valence-electron chi connectivity index (χ3n) is 3.23. The predicted molar refractivity (Wildman–Crippen MR) is 88.4 cm³/mol. The summed E-state index contributed by atoms with van der Waals surface area (Å²) in [5.41, 5.74) is 2.17. The highest BCUT2D eigenvalue weighted by Gasteiger charge is 2.15. The quantitative estimate of drug-likeness (QED) is 0.621. The summed E-state index contributed by atoms with van der Waals surface area (Å²) in [5, 5.41) is 2.69. The summed E-state index contributed by atoms with van der Waals surface area (Å²) < 4.78 is 5.06. The molecule has 0 fully saturated rings. The maximum Gasteiger partial charge on any atom is 0.331 e. The first-order valence-electron chi connectivity index (χ1n) is 7.70. The average molecular weight is 303 g/mol. The molecular formula is C18H25NO3. The van der Waals surface area contributed by atoms with Crippen molar-refractivity contribution in [2.24, 2.45) is 0 Å². The Morgan fingerprint density at radius 3 is 2.36 bits per heavy atom. The van der Waals surface area contributed by atoms with Gasteiger partial charge in [-0.15, -0.1) is 0 Å². The van der Waals surface area contributed by atoms with Crippen LogP contribution in [-0.2, 0) is 14.3 Å². The second-order valence-electron chi connectivity index (χ2n) is 5.52. The molecule has 1 rings (SSSR count). The Hall–Kier alpha value is -2.10. The fraction of sp³-hybridized carbons (Fsp3) is 0.444. The average Bonchev–Trinajstić information content (AvgIpc) is 2.50. The molecule has 0 bridgehead atoms. The lowest BCUT2D eigenvalue weighted by atomic mass is 10.0. The number of nitrogens with one attached hydrogen (secondary N) is 1. The molecule has 4 nitrogen and oxygen atoms in total. The van der Waals surface area contributed by atoms with Crippen molar-refractivity contribution in [3.8, 4) is 0 Å². The minimum Gasteiger partial charge on any atom is -0.449 e. The number of benzene rings is 1. The van der Waals surface area contributed by atoms with Crippen molar-refractivity contribution in [3.63, 3.8) is 0 Å². The van der Waals surface area contributed by atoms with Crippen molar-refractivity contribution in [1.82, 2.24) is 5.32 Å². The van der Waals surface area contributed by atoms with Gasteiger partial charge in [0.1, 0.15) is 0 Å². The normalized spacial score (nSPS) is 12.4. The van der Waals surface area contributed by atoms with E-state index in [1.807, 2.05) is 31.2 Å². The summed E-state index contributed by atoms with van der Waals surface area (Å²) in [6.07, 6.45) is 3.09. The van der Waals surface area contributed by atoms with E-state index in [0.29, 0.717) is 12.5 Å². The van der Waals surface area contributed by atoms with Gasteiger partial charge in [0.25, 0.3) is 5.91 Å². The highest BCUT2D eigenvalue weighted by molar-refractivity contribution is 5.90. The number of carbonyl (C=O) groups is 2. The zero-order chi connectivity index (χ0) is 16.5. The van der Waals surface area contributed by atoms with Crippen LogP contribution in [0.1, 0.15) is 51.2 Å². The summed E-state index contributed by atoms with van der Waals surface area (Å²) in [6.45, 7) is 8.37. The lowest BCUT2D eigenvalue weighted by molar-refractivity contribution is -0.150. The van der Waals surface area contributed by atoms with Crippen LogP contribution in [0.4, 0.5) is 0 Å². The molecule has 0 radical (unpaired) electrons. The van der Waals surface area contributed by atoms with Gasteiger partial charge >= 0.3 is 5.97 Å². The van der Waals surface area contributed by atoms with Gasteiger partial charge in [-0.25, -0.2) is 4.79 Å². The summed E-state index contributed by atoms with van der Waals surface area (Å²) in [5.74, 6) is -0.317. The van der Waals surface area contributed by atoms with Crippen molar-refractivity contribution in [1.29, 1.82) is 0 Å². The van der Waals surface area contributed by atoms with Gasteiger partial charge < -0.3 is 10.1 Å². The maximum absolute atomic E-state index is 11.7. The standard InChI is InChI=1S/C18H25NO3/c1-5-12-19-18(21)14(4)22-17(20)11-8-15-6-9-16(10-7-15)13(2)3/h6-11,13-14H,5,12H2,1-4H3,(H,19,21). The molecule has 4 heteroatoms. The Morgan fingerprint density at radius 1 is 1.18 bits per heavy atom. The summed E-state index contributed by atoms with van der Waals surface area (Å²) in [6, 6.07) is 7.99. The van der Waals surface area contributed by atoms with Crippen LogP contribution >= 0.6 is 0 Å².